The molecule has 2 nitrogen and oxygen atoms in total. The van der Waals surface area contributed by atoms with E-state index in [0.717, 1.165) is 4.47 Å². The Morgan fingerprint density at radius 3 is 2.93 bits per heavy atom. The average molecular weight is 274 g/mol. The summed E-state index contributed by atoms with van der Waals surface area (Å²) in [6.45, 7) is 0. The Bertz CT molecular complexity index is 418. The molecule has 1 rings (SSSR count). The van der Waals surface area contributed by atoms with E-state index in [1.165, 1.54) is 7.11 Å². The number of halogens is 2. The molecule has 0 unspecified atom stereocenters. The zero-order valence-corrected chi connectivity index (χ0v) is 9.65. The van der Waals surface area contributed by atoms with Crippen LogP contribution in [-0.4, -0.2) is 13.1 Å². The molecule has 1 aromatic rings. The van der Waals surface area contributed by atoms with Crippen molar-refractivity contribution in [3.63, 3.8) is 0 Å². The summed E-state index contributed by atoms with van der Waals surface area (Å²) >= 11 is 9.17. The van der Waals surface area contributed by atoms with Crippen LogP contribution in [0.3, 0.4) is 0 Å². The molecule has 0 bridgehead atoms. The van der Waals surface area contributed by atoms with Crippen LogP contribution >= 0.6 is 27.5 Å². The monoisotopic (exact) mass is 272 g/mol. The predicted molar refractivity (Wildman–Crippen MR) is 58.0 cm³/mol. The van der Waals surface area contributed by atoms with Gasteiger partial charge in [-0.15, -0.1) is 0 Å². The summed E-state index contributed by atoms with van der Waals surface area (Å²) in [5.74, 6) is 4.34. The van der Waals surface area contributed by atoms with Gasteiger partial charge in [0.25, 0.3) is 0 Å². The fourth-order valence-corrected chi connectivity index (χ4v) is 1.31. The van der Waals surface area contributed by atoms with Gasteiger partial charge in [0, 0.05) is 16.0 Å². The molecule has 0 aliphatic rings. The van der Waals surface area contributed by atoms with E-state index >= 15 is 0 Å². The van der Waals surface area contributed by atoms with Gasteiger partial charge in [0.15, 0.2) is 0 Å². The summed E-state index contributed by atoms with van der Waals surface area (Å²) in [6.07, 6.45) is 0. The Kier molecular flexibility index (Phi) is 3.99. The number of ether oxygens (including phenoxy) is 1. The molecule has 0 fully saturated rings. The lowest BCUT2D eigenvalue weighted by molar-refractivity contribution is -0.133. The first-order chi connectivity index (χ1) is 6.65. The van der Waals surface area contributed by atoms with Crippen LogP contribution in [0, 0.1) is 11.8 Å². The molecule has 4 heteroatoms. The second kappa shape index (κ2) is 5.04. The third-order valence-corrected chi connectivity index (χ3v) is 2.73. The van der Waals surface area contributed by atoms with E-state index < -0.39 is 5.97 Å². The fraction of sp³-hybridized carbons (Fsp3) is 0.100. The van der Waals surface area contributed by atoms with Crippen molar-refractivity contribution in [2.75, 3.05) is 7.11 Å². The molecule has 72 valence electrons. The highest BCUT2D eigenvalue weighted by Gasteiger charge is 2.00. The van der Waals surface area contributed by atoms with E-state index in [2.05, 4.69) is 32.5 Å². The first-order valence-corrected chi connectivity index (χ1v) is 4.86. The molecule has 0 spiro atoms. The van der Waals surface area contributed by atoms with Crippen molar-refractivity contribution in [2.24, 2.45) is 0 Å². The van der Waals surface area contributed by atoms with Gasteiger partial charge in [0.1, 0.15) is 0 Å². The Morgan fingerprint density at radius 1 is 1.57 bits per heavy atom. The second-order valence-corrected chi connectivity index (χ2v) is 3.58. The number of methoxy groups -OCH3 is 1. The highest BCUT2D eigenvalue weighted by Crippen LogP contribution is 2.25. The Balaban J connectivity index is 3.01. The maximum Gasteiger partial charge on any atom is 0.384 e. The minimum absolute atomic E-state index is 0.490. The minimum atomic E-state index is -0.582. The van der Waals surface area contributed by atoms with Gasteiger partial charge in [-0.3, -0.25) is 0 Å². The number of hydrogen-bond acceptors (Lipinski definition) is 2. The molecule has 0 atom stereocenters. The van der Waals surface area contributed by atoms with E-state index in [1.807, 2.05) is 0 Å². The van der Waals surface area contributed by atoms with Gasteiger partial charge in [-0.1, -0.05) is 23.6 Å². The number of rotatable bonds is 0. The van der Waals surface area contributed by atoms with Crippen molar-refractivity contribution in [3.8, 4) is 11.8 Å². The summed E-state index contributed by atoms with van der Waals surface area (Å²) in [5.41, 5.74) is 0.589. The van der Waals surface area contributed by atoms with E-state index in [0.29, 0.717) is 10.6 Å². The minimum Gasteiger partial charge on any atom is -0.459 e. The van der Waals surface area contributed by atoms with Crippen molar-refractivity contribution < 1.29 is 9.53 Å². The molecule has 0 N–H and O–H groups in total. The highest BCUT2D eigenvalue weighted by atomic mass is 79.9. The zero-order chi connectivity index (χ0) is 10.6. The molecule has 1 aromatic carbocycles. The van der Waals surface area contributed by atoms with Crippen LogP contribution in [0.1, 0.15) is 5.56 Å². The normalized spacial score (nSPS) is 8.79. The van der Waals surface area contributed by atoms with Gasteiger partial charge in [0.05, 0.1) is 12.1 Å². The topological polar surface area (TPSA) is 26.3 Å². The van der Waals surface area contributed by atoms with Crippen molar-refractivity contribution in [1.82, 2.24) is 0 Å². The third-order valence-electron chi connectivity index (χ3n) is 1.44. The lowest BCUT2D eigenvalue weighted by atomic mass is 10.2. The molecule has 14 heavy (non-hydrogen) atoms. The third kappa shape index (κ3) is 2.76. The standard InChI is InChI=1S/C10H6BrClO2/c1-14-9(13)6-5-7-3-2-4-8(11)10(7)12/h2-4H,1H3. The van der Waals surface area contributed by atoms with Gasteiger partial charge < -0.3 is 4.74 Å². The van der Waals surface area contributed by atoms with Crippen molar-refractivity contribution >= 4 is 33.5 Å². The maximum absolute atomic E-state index is 10.7. The molecule has 0 heterocycles. The number of esters is 1. The quantitative estimate of drug-likeness (QED) is 0.536. The van der Waals surface area contributed by atoms with Crippen molar-refractivity contribution in [2.45, 2.75) is 0 Å². The molecule has 0 aliphatic heterocycles. The summed E-state index contributed by atoms with van der Waals surface area (Å²) in [6, 6.07) is 5.31. The van der Waals surface area contributed by atoms with E-state index in [-0.39, 0.29) is 0 Å². The second-order valence-electron chi connectivity index (χ2n) is 2.34. The molecular weight excluding hydrogens is 267 g/mol. The van der Waals surface area contributed by atoms with Gasteiger partial charge in [-0.25, -0.2) is 4.79 Å². The Morgan fingerprint density at radius 2 is 2.29 bits per heavy atom. The maximum atomic E-state index is 10.7. The van der Waals surface area contributed by atoms with E-state index in [1.54, 1.807) is 18.2 Å². The smallest absolute Gasteiger partial charge is 0.384 e. The largest absolute Gasteiger partial charge is 0.459 e. The van der Waals surface area contributed by atoms with Crippen LogP contribution < -0.4 is 0 Å². The Labute approximate surface area is 95.3 Å². The number of benzene rings is 1. The molecular formula is C10H6BrClO2. The number of carbonyl (C=O) groups excluding carboxylic acids is 1. The lowest BCUT2D eigenvalue weighted by Crippen LogP contribution is -1.94. The van der Waals surface area contributed by atoms with Crippen LogP contribution in [0.2, 0.25) is 5.02 Å². The predicted octanol–water partition coefficient (Wildman–Crippen LogP) is 2.63. The van der Waals surface area contributed by atoms with Crippen molar-refractivity contribution in [1.29, 1.82) is 0 Å². The number of carbonyl (C=O) groups is 1. The highest BCUT2D eigenvalue weighted by molar-refractivity contribution is 9.10. The van der Waals surface area contributed by atoms with E-state index in [9.17, 15) is 4.79 Å². The summed E-state index contributed by atoms with van der Waals surface area (Å²) in [7, 11) is 1.28. The number of hydrogen-bond donors (Lipinski definition) is 0. The summed E-state index contributed by atoms with van der Waals surface area (Å²) < 4.78 is 5.12. The van der Waals surface area contributed by atoms with E-state index in [4.69, 9.17) is 11.6 Å². The zero-order valence-electron chi connectivity index (χ0n) is 7.30. The molecule has 0 aromatic heterocycles. The lowest BCUT2D eigenvalue weighted by Gasteiger charge is -1.96. The Hall–Kier alpha value is -0.980. The first kappa shape index (κ1) is 11.1. The van der Waals surface area contributed by atoms with Crippen LogP contribution in [0.25, 0.3) is 0 Å². The molecule has 0 saturated heterocycles. The van der Waals surface area contributed by atoms with Crippen molar-refractivity contribution in [3.05, 3.63) is 33.3 Å². The van der Waals surface area contributed by atoms with Crippen LogP contribution in [0.4, 0.5) is 0 Å². The van der Waals surface area contributed by atoms with Crippen LogP contribution in [0.15, 0.2) is 22.7 Å². The summed E-state index contributed by atoms with van der Waals surface area (Å²) in [5, 5.41) is 0.490. The summed E-state index contributed by atoms with van der Waals surface area (Å²) in [4.78, 5) is 10.7. The van der Waals surface area contributed by atoms with Gasteiger partial charge in [-0.05, 0) is 28.1 Å². The van der Waals surface area contributed by atoms with Gasteiger partial charge in [0.2, 0.25) is 0 Å². The van der Waals surface area contributed by atoms with Crippen LogP contribution in [0.5, 0.6) is 0 Å². The van der Waals surface area contributed by atoms with Crippen LogP contribution in [-0.2, 0) is 9.53 Å². The molecule has 0 radical (unpaired) electrons. The molecule has 0 amide bonds. The first-order valence-electron chi connectivity index (χ1n) is 3.69. The fourth-order valence-electron chi connectivity index (χ4n) is 0.770. The molecule has 0 saturated carbocycles. The average Bonchev–Trinajstić information content (AvgIpc) is 2.20. The van der Waals surface area contributed by atoms with Gasteiger partial charge >= 0.3 is 5.97 Å². The molecule has 0 aliphatic carbocycles. The van der Waals surface area contributed by atoms with Gasteiger partial charge in [-0.2, -0.15) is 0 Å². The SMILES string of the molecule is COC(=O)C#Cc1cccc(Br)c1Cl.